The number of imidazole rings is 2. The lowest BCUT2D eigenvalue weighted by Gasteiger charge is -2.27. The molecule has 0 bridgehead atoms. The maximum atomic E-state index is 13.8. The number of anilines is 1. The molecule has 2 unspecified atom stereocenters. The Morgan fingerprint density at radius 1 is 0.872 bits per heavy atom. The van der Waals surface area contributed by atoms with Crippen LogP contribution in [0.4, 0.5) is 10.5 Å². The Balaban J connectivity index is 0.926. The third-order valence-electron chi connectivity index (χ3n) is 10.4. The third-order valence-corrected chi connectivity index (χ3v) is 10.4. The largest absolute Gasteiger partial charge is 0.453 e. The number of carbonyl (C=O) groups excluding carboxylic acids is 2. The van der Waals surface area contributed by atoms with Crippen LogP contribution in [0.25, 0.3) is 33.6 Å². The molecule has 236 valence electrons. The summed E-state index contributed by atoms with van der Waals surface area (Å²) in [5.41, 5.74) is 9.48. The van der Waals surface area contributed by atoms with E-state index in [0.717, 1.165) is 80.5 Å². The summed E-state index contributed by atoms with van der Waals surface area (Å²) in [6.45, 7) is 1.11. The first kappa shape index (κ1) is 28.0. The number of benzene rings is 3. The number of ether oxygens (including phenoxy) is 1. The van der Waals surface area contributed by atoms with Crippen molar-refractivity contribution in [3.05, 3.63) is 102 Å². The fourth-order valence-corrected chi connectivity index (χ4v) is 7.81. The lowest BCUT2D eigenvalue weighted by molar-refractivity contribution is -0.121. The van der Waals surface area contributed by atoms with Gasteiger partial charge in [0.2, 0.25) is 5.91 Å². The van der Waals surface area contributed by atoms with Crippen molar-refractivity contribution >= 4 is 17.7 Å². The van der Waals surface area contributed by atoms with Crippen LogP contribution in [0.3, 0.4) is 0 Å². The molecule has 10 nitrogen and oxygen atoms in total. The molecule has 5 heterocycles. The summed E-state index contributed by atoms with van der Waals surface area (Å²) >= 11 is 0. The molecule has 2 aromatic heterocycles. The monoisotopic (exact) mass is 625 g/mol. The minimum absolute atomic E-state index is 0.146. The third kappa shape index (κ3) is 4.82. The maximum absolute atomic E-state index is 13.8. The number of hydrogen-bond acceptors (Lipinski definition) is 6. The van der Waals surface area contributed by atoms with Gasteiger partial charge in [0, 0.05) is 6.42 Å². The molecule has 4 aliphatic rings. The van der Waals surface area contributed by atoms with Crippen molar-refractivity contribution in [3.8, 4) is 33.6 Å². The van der Waals surface area contributed by atoms with E-state index in [9.17, 15) is 9.59 Å². The molecule has 4 N–H and O–H groups in total. The van der Waals surface area contributed by atoms with Crippen LogP contribution in [0.15, 0.2) is 79.1 Å². The van der Waals surface area contributed by atoms with Gasteiger partial charge in [0.25, 0.3) is 0 Å². The first-order valence-electron chi connectivity index (χ1n) is 16.4. The van der Waals surface area contributed by atoms with E-state index in [2.05, 4.69) is 86.2 Å². The van der Waals surface area contributed by atoms with Gasteiger partial charge in [0.15, 0.2) is 0 Å². The number of H-pyrrole nitrogens is 2. The predicted molar refractivity (Wildman–Crippen MR) is 177 cm³/mol. The number of fused-ring (bicyclic) bond motifs is 1. The highest BCUT2D eigenvalue weighted by Gasteiger charge is 2.49. The Morgan fingerprint density at radius 3 is 2.15 bits per heavy atom. The number of methoxy groups -OCH3 is 1. The maximum Gasteiger partial charge on any atom is 0.407 e. The van der Waals surface area contributed by atoms with Crippen LogP contribution in [0.2, 0.25) is 0 Å². The van der Waals surface area contributed by atoms with Crippen LogP contribution in [-0.4, -0.2) is 51.6 Å². The van der Waals surface area contributed by atoms with E-state index < -0.39 is 12.1 Å². The van der Waals surface area contributed by atoms with Gasteiger partial charge in [0.1, 0.15) is 17.7 Å². The number of piperidine rings is 1. The van der Waals surface area contributed by atoms with Crippen molar-refractivity contribution in [2.45, 2.75) is 43.8 Å². The van der Waals surface area contributed by atoms with E-state index in [1.807, 2.05) is 23.4 Å². The molecule has 2 amide bonds. The van der Waals surface area contributed by atoms with E-state index in [1.54, 1.807) is 0 Å². The number of aromatic nitrogens is 4. The molecule has 1 saturated carbocycles. The molecule has 0 radical (unpaired) electrons. The smallest absolute Gasteiger partial charge is 0.407 e. The summed E-state index contributed by atoms with van der Waals surface area (Å²) in [6.07, 6.45) is 6.33. The second-order valence-corrected chi connectivity index (χ2v) is 13.1. The fourth-order valence-electron chi connectivity index (χ4n) is 7.81. The van der Waals surface area contributed by atoms with Gasteiger partial charge in [-0.25, -0.2) is 14.8 Å². The van der Waals surface area contributed by atoms with Crippen molar-refractivity contribution in [1.82, 2.24) is 30.6 Å². The summed E-state index contributed by atoms with van der Waals surface area (Å²) in [7, 11) is 1.31. The number of alkyl carbamates (subject to hydrolysis) is 1. The van der Waals surface area contributed by atoms with Gasteiger partial charge in [-0.1, -0.05) is 66.7 Å². The van der Waals surface area contributed by atoms with Gasteiger partial charge in [-0.2, -0.15) is 0 Å². The predicted octanol–water partition coefficient (Wildman–Crippen LogP) is 5.72. The quantitative estimate of drug-likeness (QED) is 0.191. The molecule has 10 heteroatoms. The van der Waals surface area contributed by atoms with Gasteiger partial charge in [0.05, 0.1) is 48.7 Å². The number of nitrogens with zero attached hydrogens (tertiary/aromatic N) is 3. The van der Waals surface area contributed by atoms with Crippen LogP contribution in [0.5, 0.6) is 0 Å². The van der Waals surface area contributed by atoms with E-state index >= 15 is 0 Å². The Morgan fingerprint density at radius 2 is 1.51 bits per heavy atom. The number of nitrogens with one attached hydrogen (secondary N) is 4. The highest BCUT2D eigenvalue weighted by molar-refractivity contribution is 6.02. The highest BCUT2D eigenvalue weighted by atomic mass is 16.5. The molecule has 1 saturated heterocycles. The molecule has 3 aliphatic heterocycles. The molecule has 5 atom stereocenters. The molecule has 3 aromatic carbocycles. The summed E-state index contributed by atoms with van der Waals surface area (Å²) in [5.74, 6) is 3.19. The fraction of sp³-hybridized carbons (Fsp3) is 0.297. The second kappa shape index (κ2) is 10.9. The first-order chi connectivity index (χ1) is 23.0. The molecule has 2 fully saturated rings. The Bertz CT molecular complexity index is 2000. The Labute approximate surface area is 272 Å². The number of hydrogen-bond donors (Lipinski definition) is 4. The molecule has 0 spiro atoms. The lowest BCUT2D eigenvalue weighted by Crippen LogP contribution is -2.48. The van der Waals surface area contributed by atoms with E-state index in [-0.39, 0.29) is 11.9 Å². The minimum Gasteiger partial charge on any atom is -0.453 e. The SMILES string of the molecule is COC(=O)N[C@H]1CCc2cccc3c2N(C1=O)[C@H](c1ncc(-c2ccc(-c4ccc(-c5cnc(C6NCC7C[C@@H]76)[nH]5)cc4)cc2)[nH]1)C3. The summed E-state index contributed by atoms with van der Waals surface area (Å²) in [4.78, 5) is 44.2. The van der Waals surface area contributed by atoms with Crippen molar-refractivity contribution < 1.29 is 14.3 Å². The topological polar surface area (TPSA) is 128 Å². The van der Waals surface area contributed by atoms with E-state index in [4.69, 9.17) is 9.72 Å². The summed E-state index contributed by atoms with van der Waals surface area (Å²) in [5, 5.41) is 6.33. The van der Waals surface area contributed by atoms with Crippen LogP contribution in [-0.2, 0) is 22.4 Å². The number of aryl methyl sites for hydroxylation is 1. The van der Waals surface area contributed by atoms with Gasteiger partial charge < -0.3 is 25.3 Å². The Hall–Kier alpha value is -5.22. The van der Waals surface area contributed by atoms with Crippen LogP contribution < -0.4 is 15.5 Å². The zero-order valence-corrected chi connectivity index (χ0v) is 26.0. The van der Waals surface area contributed by atoms with Crippen molar-refractivity contribution in [3.63, 3.8) is 0 Å². The normalized spacial score (nSPS) is 24.1. The molecule has 9 rings (SSSR count). The average Bonchev–Trinajstić information content (AvgIpc) is 3.56. The molecular weight excluding hydrogens is 590 g/mol. The van der Waals surface area contributed by atoms with Crippen LogP contribution in [0, 0.1) is 11.8 Å². The molecule has 5 aromatic rings. The summed E-state index contributed by atoms with van der Waals surface area (Å²) < 4.78 is 4.80. The number of carbonyl (C=O) groups is 2. The Kier molecular flexibility index (Phi) is 6.53. The molecule has 1 aliphatic carbocycles. The van der Waals surface area contributed by atoms with Crippen LogP contribution >= 0.6 is 0 Å². The van der Waals surface area contributed by atoms with Crippen molar-refractivity contribution in [2.24, 2.45) is 11.8 Å². The zero-order chi connectivity index (χ0) is 31.6. The first-order valence-corrected chi connectivity index (χ1v) is 16.4. The number of aromatic amines is 2. The zero-order valence-electron chi connectivity index (χ0n) is 26.0. The number of amides is 2. The standard InChI is InChI=1S/C37H35N7O3/c1-47-37(46)43-28-14-13-24-3-2-4-25-16-31(44(33(24)25)36(28)45)34-39-18-29(41-34)22-9-5-20(6-10-22)21-7-11-23(12-8-21)30-19-40-35(42-30)32-27-15-26(27)17-38-32/h2-12,18-19,26-28,31-32,38H,13-17H2,1H3,(H,39,41)(H,40,42)(H,43,46)/t26?,27-,28-,31-,32?/m0/s1. The average molecular weight is 626 g/mol. The van der Waals surface area contributed by atoms with Gasteiger partial charge in [-0.05, 0) is 71.0 Å². The number of para-hydroxylation sites is 1. The van der Waals surface area contributed by atoms with Crippen molar-refractivity contribution in [2.75, 3.05) is 18.6 Å². The van der Waals surface area contributed by atoms with Crippen LogP contribution in [0.1, 0.15) is 47.7 Å². The molecule has 47 heavy (non-hydrogen) atoms. The van der Waals surface area contributed by atoms with E-state index in [0.29, 0.717) is 25.3 Å². The highest BCUT2D eigenvalue weighted by Crippen LogP contribution is 2.51. The van der Waals surface area contributed by atoms with Gasteiger partial charge >= 0.3 is 6.09 Å². The second-order valence-electron chi connectivity index (χ2n) is 13.1. The van der Waals surface area contributed by atoms with Crippen molar-refractivity contribution in [1.29, 1.82) is 0 Å². The van der Waals surface area contributed by atoms with E-state index in [1.165, 1.54) is 13.5 Å². The summed E-state index contributed by atoms with van der Waals surface area (Å²) in [6, 6.07) is 22.6. The lowest BCUT2D eigenvalue weighted by atomic mass is 10.0. The molecular formula is C37H35N7O3. The number of rotatable bonds is 6. The minimum atomic E-state index is -0.670. The van der Waals surface area contributed by atoms with Gasteiger partial charge in [-0.3, -0.25) is 9.69 Å². The van der Waals surface area contributed by atoms with Gasteiger partial charge in [-0.15, -0.1) is 0 Å².